The van der Waals surface area contributed by atoms with E-state index < -0.39 is 0 Å². The third-order valence-corrected chi connectivity index (χ3v) is 9.91. The van der Waals surface area contributed by atoms with Gasteiger partial charge in [-0.2, -0.15) is 5.26 Å². The van der Waals surface area contributed by atoms with Gasteiger partial charge in [0.05, 0.1) is 6.07 Å². The van der Waals surface area contributed by atoms with E-state index in [0.717, 1.165) is 12.3 Å². The van der Waals surface area contributed by atoms with E-state index in [2.05, 4.69) is 33.8 Å². The molecule has 0 heterocycles. The third kappa shape index (κ3) is 2.52. The second kappa shape index (κ2) is 6.35. The van der Waals surface area contributed by atoms with Crippen molar-refractivity contribution >= 4 is 5.78 Å². The summed E-state index contributed by atoms with van der Waals surface area (Å²) in [5, 5.41) is 9.19. The number of carbonyl (C=O) groups excluding carboxylic acids is 1. The molecular formula is C24H37NO. The van der Waals surface area contributed by atoms with Crippen LogP contribution in [0.15, 0.2) is 0 Å². The van der Waals surface area contributed by atoms with E-state index >= 15 is 0 Å². The molecule has 5 unspecified atom stereocenters. The van der Waals surface area contributed by atoms with Gasteiger partial charge in [-0.15, -0.1) is 0 Å². The number of Topliss-reactive ketones (excluding diaryl/α,β-unsaturated/α-hetero) is 1. The Bertz CT molecular complexity index is 620. The normalized spacial score (nSPS) is 51.7. The van der Waals surface area contributed by atoms with Gasteiger partial charge in [0, 0.05) is 18.8 Å². The fraction of sp³-hybridized carbons (Fsp3) is 0.917. The lowest BCUT2D eigenvalue weighted by Crippen LogP contribution is -2.57. The van der Waals surface area contributed by atoms with Gasteiger partial charge in [-0.1, -0.05) is 34.1 Å². The molecular weight excluding hydrogens is 318 g/mol. The number of nitrogens with zero attached hydrogens (tertiary/aromatic N) is 1. The molecule has 4 aliphatic carbocycles. The Morgan fingerprint density at radius 1 is 1.12 bits per heavy atom. The molecule has 4 fully saturated rings. The van der Waals surface area contributed by atoms with Crippen molar-refractivity contribution < 1.29 is 4.79 Å². The molecule has 0 bridgehead atoms. The highest BCUT2D eigenvalue weighted by atomic mass is 16.1. The summed E-state index contributed by atoms with van der Waals surface area (Å²) in [6, 6.07) is 2.40. The lowest BCUT2D eigenvalue weighted by atomic mass is 9.43. The Hall–Kier alpha value is -0.840. The predicted molar refractivity (Wildman–Crippen MR) is 104 cm³/mol. The molecule has 0 aromatic rings. The SMILES string of the molecule is CC1CC[C@]2(C)C3CC[C@@]4(C)C(CCC4[C@H](C)CC#N)C3C(=O)C[C@@H]2C1. The van der Waals surface area contributed by atoms with Crippen LogP contribution in [0.25, 0.3) is 0 Å². The zero-order chi connectivity index (χ0) is 18.7. The number of nitriles is 1. The standard InChI is InChI=1S/C24H37NO/c1-15-7-10-23(3)17(13-15)14-21(26)22-19-6-5-18(16(2)9-12-25)24(19,4)11-8-20(22)23/h15-20,22H,5-11,13-14H2,1-4H3/t15?,16-,17+,18?,19?,20?,22?,23+,24-/m1/s1. The van der Waals surface area contributed by atoms with Crippen molar-refractivity contribution in [3.8, 4) is 6.07 Å². The second-order valence-electron chi connectivity index (χ2n) is 11.1. The Morgan fingerprint density at radius 2 is 1.81 bits per heavy atom. The molecule has 4 aliphatic rings. The average molecular weight is 356 g/mol. The smallest absolute Gasteiger partial charge is 0.136 e. The van der Waals surface area contributed by atoms with Crippen molar-refractivity contribution in [1.82, 2.24) is 0 Å². The number of carbonyl (C=O) groups is 1. The summed E-state index contributed by atoms with van der Waals surface area (Å²) >= 11 is 0. The molecule has 0 radical (unpaired) electrons. The van der Waals surface area contributed by atoms with Crippen LogP contribution in [-0.2, 0) is 4.79 Å². The summed E-state index contributed by atoms with van der Waals surface area (Å²) in [7, 11) is 0. The second-order valence-corrected chi connectivity index (χ2v) is 11.1. The lowest BCUT2D eigenvalue weighted by Gasteiger charge is -2.60. The molecule has 0 saturated heterocycles. The Balaban J connectivity index is 1.63. The van der Waals surface area contributed by atoms with Gasteiger partial charge in [0.15, 0.2) is 0 Å². The molecule has 9 atom stereocenters. The molecule has 0 aliphatic heterocycles. The van der Waals surface area contributed by atoms with Crippen molar-refractivity contribution in [3.05, 3.63) is 0 Å². The van der Waals surface area contributed by atoms with Gasteiger partial charge in [0.1, 0.15) is 5.78 Å². The average Bonchev–Trinajstić information content (AvgIpc) is 2.94. The highest BCUT2D eigenvalue weighted by Crippen LogP contribution is 2.67. The topological polar surface area (TPSA) is 40.9 Å². The van der Waals surface area contributed by atoms with Crippen molar-refractivity contribution in [1.29, 1.82) is 5.26 Å². The van der Waals surface area contributed by atoms with Gasteiger partial charge in [-0.25, -0.2) is 0 Å². The van der Waals surface area contributed by atoms with E-state index in [1.54, 1.807) is 0 Å². The van der Waals surface area contributed by atoms with Crippen LogP contribution in [0.5, 0.6) is 0 Å². The summed E-state index contributed by atoms with van der Waals surface area (Å²) in [5.41, 5.74) is 0.695. The van der Waals surface area contributed by atoms with E-state index in [9.17, 15) is 10.1 Å². The minimum Gasteiger partial charge on any atom is -0.299 e. The van der Waals surface area contributed by atoms with Gasteiger partial charge in [-0.3, -0.25) is 4.79 Å². The number of hydrogen-bond donors (Lipinski definition) is 0. The van der Waals surface area contributed by atoms with Crippen LogP contribution in [-0.4, -0.2) is 5.78 Å². The number of hydrogen-bond acceptors (Lipinski definition) is 2. The molecule has 4 rings (SSSR count). The first-order valence-electron chi connectivity index (χ1n) is 11.2. The summed E-state index contributed by atoms with van der Waals surface area (Å²) < 4.78 is 0. The summed E-state index contributed by atoms with van der Waals surface area (Å²) in [6.45, 7) is 9.67. The molecule has 144 valence electrons. The van der Waals surface area contributed by atoms with E-state index in [4.69, 9.17) is 0 Å². The van der Waals surface area contributed by atoms with Crippen LogP contribution < -0.4 is 0 Å². The monoisotopic (exact) mass is 355 g/mol. The molecule has 4 saturated carbocycles. The Kier molecular flexibility index (Phi) is 4.53. The van der Waals surface area contributed by atoms with E-state index in [1.807, 2.05) is 0 Å². The zero-order valence-corrected chi connectivity index (χ0v) is 17.3. The fourth-order valence-electron chi connectivity index (χ4n) is 8.41. The molecule has 0 amide bonds. The van der Waals surface area contributed by atoms with Crippen molar-refractivity contribution in [2.75, 3.05) is 0 Å². The maximum Gasteiger partial charge on any atom is 0.136 e. The van der Waals surface area contributed by atoms with Crippen molar-refractivity contribution in [3.63, 3.8) is 0 Å². The van der Waals surface area contributed by atoms with Crippen LogP contribution in [0.4, 0.5) is 0 Å². The van der Waals surface area contributed by atoms with Crippen LogP contribution in [0.1, 0.15) is 85.5 Å². The largest absolute Gasteiger partial charge is 0.299 e. The Labute approximate surface area is 160 Å². The first-order chi connectivity index (χ1) is 12.3. The summed E-state index contributed by atoms with van der Waals surface area (Å²) in [4.78, 5) is 13.4. The van der Waals surface area contributed by atoms with E-state index in [-0.39, 0.29) is 5.41 Å². The molecule has 26 heavy (non-hydrogen) atoms. The third-order valence-electron chi connectivity index (χ3n) is 9.91. The minimum atomic E-state index is 0.290. The molecule has 2 heteroatoms. The summed E-state index contributed by atoms with van der Waals surface area (Å²) in [6.07, 6.45) is 10.5. The van der Waals surface area contributed by atoms with Gasteiger partial charge in [0.2, 0.25) is 0 Å². The van der Waals surface area contributed by atoms with Gasteiger partial charge < -0.3 is 0 Å². The van der Waals surface area contributed by atoms with Gasteiger partial charge in [0.25, 0.3) is 0 Å². The number of ketones is 1. The number of rotatable bonds is 2. The molecule has 0 spiro atoms. The summed E-state index contributed by atoms with van der Waals surface area (Å²) in [5.74, 6) is 4.69. The van der Waals surface area contributed by atoms with Gasteiger partial charge in [-0.05, 0) is 84.9 Å². The molecule has 2 nitrogen and oxygen atoms in total. The van der Waals surface area contributed by atoms with Crippen molar-refractivity contribution in [2.24, 2.45) is 52.3 Å². The minimum absolute atomic E-state index is 0.290. The maximum atomic E-state index is 13.4. The van der Waals surface area contributed by atoms with Gasteiger partial charge >= 0.3 is 0 Å². The lowest BCUT2D eigenvalue weighted by molar-refractivity contribution is -0.158. The molecule has 0 aromatic heterocycles. The van der Waals surface area contributed by atoms with Crippen LogP contribution in [0.3, 0.4) is 0 Å². The quantitative estimate of drug-likeness (QED) is 0.608. The predicted octanol–water partition coefficient (Wildman–Crippen LogP) is 6.01. The van der Waals surface area contributed by atoms with Crippen LogP contribution in [0, 0.1) is 63.6 Å². The van der Waals surface area contributed by atoms with E-state index in [0.29, 0.717) is 53.1 Å². The number of fused-ring (bicyclic) bond motifs is 5. The first kappa shape index (κ1) is 18.5. The first-order valence-corrected chi connectivity index (χ1v) is 11.2. The molecule has 0 aromatic carbocycles. The zero-order valence-electron chi connectivity index (χ0n) is 17.3. The Morgan fingerprint density at radius 3 is 2.54 bits per heavy atom. The van der Waals surface area contributed by atoms with Crippen LogP contribution in [0.2, 0.25) is 0 Å². The fourth-order valence-corrected chi connectivity index (χ4v) is 8.41. The maximum absolute atomic E-state index is 13.4. The van der Waals surface area contributed by atoms with Crippen LogP contribution >= 0.6 is 0 Å². The van der Waals surface area contributed by atoms with E-state index in [1.165, 1.54) is 44.9 Å². The van der Waals surface area contributed by atoms with Crippen molar-refractivity contribution in [2.45, 2.75) is 85.5 Å². The molecule has 0 N–H and O–H groups in total. The highest BCUT2D eigenvalue weighted by Gasteiger charge is 2.62. The highest BCUT2D eigenvalue weighted by molar-refractivity contribution is 5.83.